The van der Waals surface area contributed by atoms with Gasteiger partial charge >= 0.3 is 5.97 Å². The van der Waals surface area contributed by atoms with E-state index in [0.717, 1.165) is 28.8 Å². The average molecular weight is 426 g/mol. The Morgan fingerprint density at radius 1 is 1.22 bits per heavy atom. The first-order valence-corrected chi connectivity index (χ1v) is 10.7. The summed E-state index contributed by atoms with van der Waals surface area (Å²) < 4.78 is 1.50. The van der Waals surface area contributed by atoms with Crippen LogP contribution in [0.5, 0.6) is 0 Å². The minimum atomic E-state index is -0.759. The molecule has 3 N–H and O–H groups in total. The summed E-state index contributed by atoms with van der Waals surface area (Å²) in [6.45, 7) is 0. The first-order valence-electron chi connectivity index (χ1n) is 10.7. The van der Waals surface area contributed by atoms with Gasteiger partial charge in [-0.2, -0.15) is 14.9 Å². The molecule has 160 valence electrons. The van der Waals surface area contributed by atoms with E-state index in [4.69, 9.17) is 10.7 Å². The summed E-state index contributed by atoms with van der Waals surface area (Å²) in [5, 5.41) is 23.4. The molecular weight excluding hydrogens is 404 g/mol. The normalized spacial score (nSPS) is 20.3. The summed E-state index contributed by atoms with van der Waals surface area (Å²) in [5.41, 5.74) is 11.5. The molecule has 0 aromatic carbocycles. The van der Waals surface area contributed by atoms with Gasteiger partial charge in [-0.25, -0.2) is 4.98 Å². The fourth-order valence-corrected chi connectivity index (χ4v) is 4.63. The van der Waals surface area contributed by atoms with Crippen molar-refractivity contribution in [3.63, 3.8) is 0 Å². The lowest BCUT2D eigenvalue weighted by molar-refractivity contribution is -0.142. The number of carboxylic acid groups (broad SMARTS) is 1. The second-order valence-corrected chi connectivity index (χ2v) is 8.28. The number of hydrogen-bond donors (Lipinski definition) is 2. The van der Waals surface area contributed by atoms with Crippen molar-refractivity contribution in [2.24, 2.45) is 5.92 Å². The van der Waals surface area contributed by atoms with E-state index in [1.165, 1.54) is 4.52 Å². The molecular formula is C24H22N6O2. The molecule has 8 heteroatoms. The van der Waals surface area contributed by atoms with Crippen LogP contribution in [0.15, 0.2) is 42.8 Å². The second-order valence-electron chi connectivity index (χ2n) is 8.28. The van der Waals surface area contributed by atoms with Gasteiger partial charge in [0.15, 0.2) is 5.65 Å². The highest BCUT2D eigenvalue weighted by Crippen LogP contribution is 2.38. The first kappa shape index (κ1) is 19.9. The summed E-state index contributed by atoms with van der Waals surface area (Å²) >= 11 is 0. The van der Waals surface area contributed by atoms with Crippen LogP contribution in [0.3, 0.4) is 0 Å². The maximum atomic E-state index is 11.3. The molecule has 1 fully saturated rings. The minimum absolute atomic E-state index is 0.00288. The number of rotatable bonds is 4. The Bertz CT molecular complexity index is 1300. The van der Waals surface area contributed by atoms with E-state index in [1.807, 2.05) is 12.1 Å². The summed E-state index contributed by atoms with van der Waals surface area (Å²) in [4.78, 5) is 20.7. The van der Waals surface area contributed by atoms with E-state index in [-0.39, 0.29) is 17.7 Å². The predicted molar refractivity (Wildman–Crippen MR) is 119 cm³/mol. The zero-order valence-corrected chi connectivity index (χ0v) is 17.4. The van der Waals surface area contributed by atoms with Crippen molar-refractivity contribution in [1.82, 2.24) is 19.6 Å². The van der Waals surface area contributed by atoms with E-state index in [2.05, 4.69) is 34.4 Å². The van der Waals surface area contributed by atoms with Gasteiger partial charge in [0.2, 0.25) is 0 Å². The van der Waals surface area contributed by atoms with Crippen LogP contribution >= 0.6 is 0 Å². The summed E-state index contributed by atoms with van der Waals surface area (Å²) in [6, 6.07) is 6.15. The van der Waals surface area contributed by atoms with Crippen molar-refractivity contribution in [3.8, 4) is 17.2 Å². The highest BCUT2D eigenvalue weighted by atomic mass is 16.4. The number of nitriles is 1. The smallest absolute Gasteiger partial charge is 0.306 e. The lowest BCUT2D eigenvalue weighted by atomic mass is 9.79. The summed E-state index contributed by atoms with van der Waals surface area (Å²) in [7, 11) is 0. The van der Waals surface area contributed by atoms with E-state index in [1.54, 1.807) is 12.4 Å². The molecule has 0 spiro atoms. The van der Waals surface area contributed by atoms with Gasteiger partial charge < -0.3 is 10.8 Å². The van der Waals surface area contributed by atoms with Gasteiger partial charge in [-0.05, 0) is 43.7 Å². The standard InChI is InChI=1S/C24H22N6O2/c25-11-18-21(15-5-7-16(8-6-15)24(31)32)29-23-19(13-28-30(23)22(18)26)17-9-10-20(27-12-17)14-3-1-2-4-14/h1,3-4,9-10,12-13,15-16H,2,5-8,26H2,(H,31,32). The van der Waals surface area contributed by atoms with Crippen LogP contribution in [0, 0.1) is 17.2 Å². The first-order chi connectivity index (χ1) is 15.6. The molecule has 0 aliphatic heterocycles. The van der Waals surface area contributed by atoms with Crippen molar-refractivity contribution in [2.45, 2.75) is 38.0 Å². The molecule has 0 amide bonds. The van der Waals surface area contributed by atoms with Crippen LogP contribution in [0.1, 0.15) is 55.0 Å². The quantitative estimate of drug-likeness (QED) is 0.646. The number of carboxylic acids is 1. The largest absolute Gasteiger partial charge is 0.481 e. The molecule has 1 saturated carbocycles. The maximum Gasteiger partial charge on any atom is 0.306 e. The Hall–Kier alpha value is -3.99. The molecule has 0 unspecified atom stereocenters. The van der Waals surface area contributed by atoms with Crippen molar-refractivity contribution in [2.75, 3.05) is 5.73 Å². The topological polar surface area (TPSA) is 130 Å². The fourth-order valence-electron chi connectivity index (χ4n) is 4.63. The molecule has 0 saturated heterocycles. The van der Waals surface area contributed by atoms with Gasteiger partial charge in [-0.3, -0.25) is 9.78 Å². The number of aromatic nitrogens is 4. The number of aliphatic carboxylic acids is 1. The van der Waals surface area contributed by atoms with E-state index >= 15 is 0 Å². The monoisotopic (exact) mass is 426 g/mol. The van der Waals surface area contributed by atoms with Crippen LogP contribution in [-0.4, -0.2) is 30.7 Å². The van der Waals surface area contributed by atoms with Crippen molar-refractivity contribution < 1.29 is 9.90 Å². The lowest BCUT2D eigenvalue weighted by Gasteiger charge is -2.26. The third-order valence-electron chi connectivity index (χ3n) is 6.43. The zero-order chi connectivity index (χ0) is 22.2. The zero-order valence-electron chi connectivity index (χ0n) is 17.4. The Morgan fingerprint density at radius 2 is 2.03 bits per heavy atom. The molecule has 2 aliphatic carbocycles. The maximum absolute atomic E-state index is 11.3. The van der Waals surface area contributed by atoms with E-state index in [9.17, 15) is 15.2 Å². The van der Waals surface area contributed by atoms with Gasteiger partial charge in [-0.1, -0.05) is 24.3 Å². The van der Waals surface area contributed by atoms with Crippen LogP contribution in [0.4, 0.5) is 5.82 Å². The van der Waals surface area contributed by atoms with Crippen molar-refractivity contribution in [3.05, 3.63) is 59.7 Å². The Morgan fingerprint density at radius 3 is 2.66 bits per heavy atom. The SMILES string of the molecule is N#Cc1c(C2CCC(C(=O)O)CC2)nc2c(-c3ccc(C4=CCC=C4)nc3)cnn2c1N. The van der Waals surface area contributed by atoms with Crippen LogP contribution < -0.4 is 5.73 Å². The predicted octanol–water partition coefficient (Wildman–Crippen LogP) is 3.95. The highest BCUT2D eigenvalue weighted by molar-refractivity contribution is 5.80. The van der Waals surface area contributed by atoms with Gasteiger partial charge in [0, 0.05) is 23.2 Å². The van der Waals surface area contributed by atoms with Gasteiger partial charge in [0.25, 0.3) is 0 Å². The lowest BCUT2D eigenvalue weighted by Crippen LogP contribution is -2.22. The molecule has 3 aromatic heterocycles. The van der Waals surface area contributed by atoms with Crippen LogP contribution in [0.2, 0.25) is 0 Å². The summed E-state index contributed by atoms with van der Waals surface area (Å²) in [5.74, 6) is -0.843. The van der Waals surface area contributed by atoms with Crippen LogP contribution in [-0.2, 0) is 4.79 Å². The number of fused-ring (bicyclic) bond motifs is 1. The third-order valence-corrected chi connectivity index (χ3v) is 6.43. The molecule has 0 bridgehead atoms. The highest BCUT2D eigenvalue weighted by Gasteiger charge is 2.30. The Balaban J connectivity index is 1.54. The Labute approximate surface area is 184 Å². The number of pyridine rings is 1. The second kappa shape index (κ2) is 7.93. The van der Waals surface area contributed by atoms with Crippen LogP contribution in [0.25, 0.3) is 22.3 Å². The molecule has 5 rings (SSSR count). The van der Waals surface area contributed by atoms with E-state index in [0.29, 0.717) is 42.6 Å². The average Bonchev–Trinajstić information content (AvgIpc) is 3.50. The molecule has 32 heavy (non-hydrogen) atoms. The Kier molecular flexibility index (Phi) is 4.94. The van der Waals surface area contributed by atoms with Gasteiger partial charge in [0.05, 0.1) is 23.5 Å². The molecule has 3 heterocycles. The number of allylic oxidation sites excluding steroid dienone is 4. The number of carbonyl (C=O) groups is 1. The fraction of sp³-hybridized carbons (Fsp3) is 0.292. The van der Waals surface area contributed by atoms with E-state index < -0.39 is 5.97 Å². The molecule has 8 nitrogen and oxygen atoms in total. The van der Waals surface area contributed by atoms with Crippen molar-refractivity contribution >= 4 is 23.0 Å². The van der Waals surface area contributed by atoms with Gasteiger partial charge in [-0.15, -0.1) is 0 Å². The minimum Gasteiger partial charge on any atom is -0.481 e. The number of anilines is 1. The molecule has 0 radical (unpaired) electrons. The number of nitrogens with zero attached hydrogens (tertiary/aromatic N) is 5. The number of nitrogens with two attached hydrogens (primary N) is 1. The van der Waals surface area contributed by atoms with Gasteiger partial charge in [0.1, 0.15) is 17.5 Å². The molecule has 2 aliphatic rings. The number of nitrogen functional groups attached to an aromatic ring is 1. The molecule has 3 aromatic rings. The summed E-state index contributed by atoms with van der Waals surface area (Å²) in [6.07, 6.45) is 13.2. The van der Waals surface area contributed by atoms with Crippen molar-refractivity contribution in [1.29, 1.82) is 5.26 Å². The third kappa shape index (κ3) is 3.32. The number of hydrogen-bond acceptors (Lipinski definition) is 6. The molecule has 0 atom stereocenters.